The minimum absolute atomic E-state index is 0.0208. The van der Waals surface area contributed by atoms with E-state index < -0.39 is 0 Å². The molecule has 2 N–H and O–H groups in total. The molecule has 3 heterocycles. The normalized spacial score (nSPS) is 18.9. The lowest BCUT2D eigenvalue weighted by Crippen LogP contribution is -2.40. The number of hydrogen-bond donors (Lipinski definition) is 2. The maximum absolute atomic E-state index is 12.7. The molecular weight excluding hydrogens is 302 g/mol. The van der Waals surface area contributed by atoms with E-state index in [1.54, 1.807) is 5.51 Å². The third-order valence-corrected chi connectivity index (χ3v) is 5.07. The van der Waals surface area contributed by atoms with Crippen molar-refractivity contribution in [2.75, 3.05) is 13.1 Å². The molecule has 1 fully saturated rings. The number of thiazole rings is 1. The number of carbonyl (C=O) groups is 1. The zero-order valence-corrected chi connectivity index (χ0v) is 13.4. The first-order chi connectivity index (χ1) is 10.6. The van der Waals surface area contributed by atoms with Crippen LogP contribution in [0.2, 0.25) is 0 Å². The number of nitrogens with zero attached hydrogens (tertiary/aromatic N) is 3. The fourth-order valence-corrected chi connectivity index (χ4v) is 3.63. The Morgan fingerprint density at radius 2 is 2.32 bits per heavy atom. The van der Waals surface area contributed by atoms with Crippen molar-refractivity contribution in [2.24, 2.45) is 0 Å². The lowest BCUT2D eigenvalue weighted by Gasteiger charge is -2.31. The van der Waals surface area contributed by atoms with Crippen molar-refractivity contribution >= 4 is 17.2 Å². The highest BCUT2D eigenvalue weighted by molar-refractivity contribution is 7.10. The minimum Gasteiger partial charge on any atom is -0.337 e. The molecule has 0 spiro atoms. The number of nitrogens with one attached hydrogen (secondary N) is 2. The number of aromatic amines is 2. The Morgan fingerprint density at radius 3 is 3.00 bits per heavy atom. The lowest BCUT2D eigenvalue weighted by molar-refractivity contribution is 0.0698. The van der Waals surface area contributed by atoms with Crippen LogP contribution >= 0.6 is 11.3 Å². The first-order valence-corrected chi connectivity index (χ1v) is 8.31. The highest BCUT2D eigenvalue weighted by atomic mass is 32.1. The molecule has 1 saturated heterocycles. The van der Waals surface area contributed by atoms with Gasteiger partial charge < -0.3 is 4.90 Å². The molecule has 2 aromatic heterocycles. The van der Waals surface area contributed by atoms with E-state index in [9.17, 15) is 9.59 Å². The summed E-state index contributed by atoms with van der Waals surface area (Å²) in [4.78, 5) is 33.7. The molecular formula is C14H19N5O2S. The Morgan fingerprint density at radius 1 is 1.50 bits per heavy atom. The van der Waals surface area contributed by atoms with Crippen LogP contribution in [0.5, 0.6) is 0 Å². The summed E-state index contributed by atoms with van der Waals surface area (Å²) < 4.78 is 0. The zero-order valence-electron chi connectivity index (χ0n) is 12.6. The van der Waals surface area contributed by atoms with Crippen molar-refractivity contribution in [2.45, 2.75) is 38.5 Å². The first-order valence-electron chi connectivity index (χ1n) is 7.43. The zero-order chi connectivity index (χ0) is 15.7. The Labute approximate surface area is 131 Å². The number of piperidine rings is 1. The van der Waals surface area contributed by atoms with Crippen molar-refractivity contribution in [3.8, 4) is 0 Å². The maximum Gasteiger partial charge on any atom is 0.340 e. The molecule has 3 rings (SSSR count). The van der Waals surface area contributed by atoms with Gasteiger partial charge in [0.2, 0.25) is 0 Å². The van der Waals surface area contributed by atoms with Crippen molar-refractivity contribution in [3.05, 3.63) is 32.4 Å². The molecule has 0 aliphatic carbocycles. The minimum atomic E-state index is -0.306. The number of H-pyrrole nitrogens is 2. The average Bonchev–Trinajstić information content (AvgIpc) is 3.15. The fourth-order valence-electron chi connectivity index (χ4n) is 2.84. The van der Waals surface area contributed by atoms with Crippen LogP contribution in [0.3, 0.4) is 0 Å². The Bertz CT molecular complexity index is 717. The molecule has 0 bridgehead atoms. The van der Waals surface area contributed by atoms with Gasteiger partial charge in [-0.25, -0.2) is 14.9 Å². The van der Waals surface area contributed by atoms with Gasteiger partial charge in [-0.2, -0.15) is 5.10 Å². The average molecular weight is 321 g/mol. The highest BCUT2D eigenvalue weighted by Crippen LogP contribution is 2.28. The van der Waals surface area contributed by atoms with E-state index in [0.29, 0.717) is 18.1 Å². The summed E-state index contributed by atoms with van der Waals surface area (Å²) in [5.74, 6) is 0.963. The summed E-state index contributed by atoms with van der Waals surface area (Å²) in [6.07, 6.45) is 1.81. The van der Waals surface area contributed by atoms with E-state index >= 15 is 0 Å². The van der Waals surface area contributed by atoms with Crippen LogP contribution in [0.25, 0.3) is 0 Å². The molecule has 118 valence electrons. The van der Waals surface area contributed by atoms with Gasteiger partial charge in [-0.15, -0.1) is 11.3 Å². The van der Waals surface area contributed by atoms with Crippen LogP contribution in [0.15, 0.2) is 10.3 Å². The second-order valence-electron chi connectivity index (χ2n) is 5.87. The van der Waals surface area contributed by atoms with E-state index in [4.69, 9.17) is 0 Å². The van der Waals surface area contributed by atoms with Crippen molar-refractivity contribution in [1.82, 2.24) is 25.1 Å². The Hall–Kier alpha value is -1.96. The molecule has 1 aliphatic rings. The molecule has 22 heavy (non-hydrogen) atoms. The maximum atomic E-state index is 12.7. The molecule has 8 heteroatoms. The van der Waals surface area contributed by atoms with E-state index in [1.807, 2.05) is 4.90 Å². The Balaban J connectivity index is 1.78. The van der Waals surface area contributed by atoms with Gasteiger partial charge in [0.1, 0.15) is 11.5 Å². The Kier molecular flexibility index (Phi) is 4.10. The second kappa shape index (κ2) is 6.04. The van der Waals surface area contributed by atoms with Gasteiger partial charge >= 0.3 is 5.69 Å². The lowest BCUT2D eigenvalue weighted by atomic mass is 9.97. The van der Waals surface area contributed by atoms with Crippen LogP contribution < -0.4 is 5.69 Å². The van der Waals surface area contributed by atoms with Gasteiger partial charge in [-0.05, 0) is 18.8 Å². The van der Waals surface area contributed by atoms with Gasteiger partial charge in [0, 0.05) is 23.9 Å². The molecule has 0 aromatic carbocycles. The SMILES string of the molecule is CC(C)c1scnc1C(=O)N1CCC[C@H](c2n[nH]c(=O)[nH]2)C1. The highest BCUT2D eigenvalue weighted by Gasteiger charge is 2.29. The molecule has 0 unspecified atom stereocenters. The van der Waals surface area contributed by atoms with Crippen LogP contribution in [0.1, 0.15) is 59.7 Å². The quantitative estimate of drug-likeness (QED) is 0.899. The predicted octanol–water partition coefficient (Wildman–Crippen LogP) is 1.70. The summed E-state index contributed by atoms with van der Waals surface area (Å²) in [6.45, 7) is 5.42. The number of amides is 1. The second-order valence-corrected chi connectivity index (χ2v) is 6.76. The van der Waals surface area contributed by atoms with Crippen LogP contribution in [0, 0.1) is 0 Å². The monoisotopic (exact) mass is 321 g/mol. The van der Waals surface area contributed by atoms with Crippen LogP contribution in [-0.4, -0.2) is 44.1 Å². The third-order valence-electron chi connectivity index (χ3n) is 3.94. The molecule has 1 aliphatic heterocycles. The largest absolute Gasteiger partial charge is 0.340 e. The van der Waals surface area contributed by atoms with Gasteiger partial charge in [0.05, 0.1) is 5.51 Å². The summed E-state index contributed by atoms with van der Waals surface area (Å²) in [5, 5.41) is 6.38. The summed E-state index contributed by atoms with van der Waals surface area (Å²) >= 11 is 1.53. The molecule has 1 atom stereocenters. The number of hydrogen-bond acceptors (Lipinski definition) is 5. The number of carbonyl (C=O) groups excluding carboxylic acids is 1. The van der Waals surface area contributed by atoms with Crippen molar-refractivity contribution in [3.63, 3.8) is 0 Å². The fraction of sp³-hybridized carbons (Fsp3) is 0.571. The number of rotatable bonds is 3. The third kappa shape index (κ3) is 2.83. The van der Waals surface area contributed by atoms with Gasteiger partial charge in [-0.1, -0.05) is 13.8 Å². The van der Waals surface area contributed by atoms with E-state index in [-0.39, 0.29) is 23.4 Å². The predicted molar refractivity (Wildman–Crippen MR) is 83.3 cm³/mol. The van der Waals surface area contributed by atoms with E-state index in [0.717, 1.165) is 24.3 Å². The van der Waals surface area contributed by atoms with E-state index in [1.165, 1.54) is 11.3 Å². The van der Waals surface area contributed by atoms with E-state index in [2.05, 4.69) is 34.0 Å². The molecule has 0 radical (unpaired) electrons. The van der Waals surface area contributed by atoms with Crippen molar-refractivity contribution < 1.29 is 4.79 Å². The van der Waals surface area contributed by atoms with Gasteiger partial charge in [0.25, 0.3) is 5.91 Å². The summed E-state index contributed by atoms with van der Waals surface area (Å²) in [5.41, 5.74) is 1.99. The summed E-state index contributed by atoms with van der Waals surface area (Å²) in [7, 11) is 0. The topological polar surface area (TPSA) is 94.7 Å². The summed E-state index contributed by atoms with van der Waals surface area (Å²) in [6, 6.07) is 0. The molecule has 2 aromatic rings. The van der Waals surface area contributed by atoms with Gasteiger partial charge in [-0.3, -0.25) is 9.78 Å². The molecule has 1 amide bonds. The number of aromatic nitrogens is 4. The number of likely N-dealkylation sites (tertiary alicyclic amines) is 1. The standard InChI is InChI=1S/C14H19N5O2S/c1-8(2)11-10(15-7-22-11)13(20)19-5-3-4-9(6-19)12-16-14(21)18-17-12/h7-9H,3-6H2,1-2H3,(H2,16,17,18,21)/t9-/m0/s1. The van der Waals surface area contributed by atoms with Gasteiger partial charge in [0.15, 0.2) is 0 Å². The molecule has 7 nitrogen and oxygen atoms in total. The van der Waals surface area contributed by atoms with Crippen molar-refractivity contribution in [1.29, 1.82) is 0 Å². The van der Waals surface area contributed by atoms with Crippen LogP contribution in [-0.2, 0) is 0 Å². The first kappa shape index (κ1) is 15.0. The smallest absolute Gasteiger partial charge is 0.337 e. The van der Waals surface area contributed by atoms with Crippen LogP contribution in [0.4, 0.5) is 0 Å². The molecule has 0 saturated carbocycles.